The maximum absolute atomic E-state index is 13.3. The Morgan fingerprint density at radius 1 is 1.10 bits per heavy atom. The van der Waals surface area contributed by atoms with Crippen molar-refractivity contribution in [3.63, 3.8) is 0 Å². The van der Waals surface area contributed by atoms with E-state index in [1.165, 1.54) is 0 Å². The summed E-state index contributed by atoms with van der Waals surface area (Å²) in [5.41, 5.74) is 1.16. The molecule has 2 aromatic rings. The maximum atomic E-state index is 13.3. The van der Waals surface area contributed by atoms with Crippen molar-refractivity contribution in [2.24, 2.45) is 5.92 Å². The van der Waals surface area contributed by atoms with Crippen molar-refractivity contribution in [3.8, 4) is 0 Å². The first kappa shape index (κ1) is 18.3. The highest BCUT2D eigenvalue weighted by atomic mass is 16.3. The number of rotatable bonds is 5. The second kappa shape index (κ2) is 6.95. The minimum atomic E-state index is -0.457. The number of aromatic nitrogens is 1. The zero-order valence-electron chi connectivity index (χ0n) is 16.3. The number of carbonyl (C=O) groups is 2. The summed E-state index contributed by atoms with van der Waals surface area (Å²) < 4.78 is 0. The minimum absolute atomic E-state index is 0.0132. The van der Waals surface area contributed by atoms with Gasteiger partial charge in [-0.1, -0.05) is 30.3 Å². The first-order chi connectivity index (χ1) is 14.1. The molecule has 2 saturated heterocycles. The van der Waals surface area contributed by atoms with Gasteiger partial charge in [-0.2, -0.15) is 0 Å². The van der Waals surface area contributed by atoms with Crippen molar-refractivity contribution in [1.82, 2.24) is 14.8 Å². The molecule has 2 aliphatic heterocycles. The first-order valence-corrected chi connectivity index (χ1v) is 10.3. The number of nitrogens with zero attached hydrogens (tertiary/aromatic N) is 3. The Kier molecular flexibility index (Phi) is 4.39. The van der Waals surface area contributed by atoms with Crippen molar-refractivity contribution in [1.29, 1.82) is 0 Å². The van der Waals surface area contributed by atoms with Crippen LogP contribution in [0.2, 0.25) is 0 Å². The largest absolute Gasteiger partial charge is 0.394 e. The van der Waals surface area contributed by atoms with Gasteiger partial charge in [-0.25, -0.2) is 0 Å². The lowest BCUT2D eigenvalue weighted by Gasteiger charge is -2.70. The van der Waals surface area contributed by atoms with Crippen LogP contribution < -0.4 is 0 Å². The smallest absolute Gasteiger partial charge is 0.256 e. The summed E-state index contributed by atoms with van der Waals surface area (Å²) >= 11 is 0. The predicted octanol–water partition coefficient (Wildman–Crippen LogP) is 2.06. The van der Waals surface area contributed by atoms with E-state index in [1.54, 1.807) is 24.5 Å². The third-order valence-corrected chi connectivity index (χ3v) is 6.69. The van der Waals surface area contributed by atoms with E-state index in [0.717, 1.165) is 18.4 Å². The Labute approximate surface area is 170 Å². The molecule has 1 aliphatic carbocycles. The van der Waals surface area contributed by atoms with Crippen LogP contribution in [0, 0.1) is 5.92 Å². The number of benzene rings is 1. The highest BCUT2D eigenvalue weighted by Gasteiger charge is 2.68. The second-order valence-corrected chi connectivity index (χ2v) is 8.56. The van der Waals surface area contributed by atoms with Gasteiger partial charge in [-0.3, -0.25) is 14.6 Å². The van der Waals surface area contributed by atoms with Crippen molar-refractivity contribution in [3.05, 3.63) is 66.0 Å². The van der Waals surface area contributed by atoms with Gasteiger partial charge in [-0.05, 0) is 36.5 Å². The van der Waals surface area contributed by atoms with Crippen LogP contribution in [-0.4, -0.2) is 63.0 Å². The monoisotopic (exact) mass is 391 g/mol. The molecule has 0 bridgehead atoms. The van der Waals surface area contributed by atoms with E-state index in [0.29, 0.717) is 31.0 Å². The molecule has 1 N–H and O–H groups in total. The van der Waals surface area contributed by atoms with Crippen LogP contribution >= 0.6 is 0 Å². The van der Waals surface area contributed by atoms with Gasteiger partial charge < -0.3 is 14.9 Å². The van der Waals surface area contributed by atoms with Crippen LogP contribution in [-0.2, 0) is 4.79 Å². The van der Waals surface area contributed by atoms with Gasteiger partial charge in [0.15, 0.2) is 0 Å². The van der Waals surface area contributed by atoms with E-state index in [2.05, 4.69) is 17.1 Å². The van der Waals surface area contributed by atoms with Crippen LogP contribution in [0.1, 0.15) is 41.1 Å². The summed E-state index contributed by atoms with van der Waals surface area (Å²) in [4.78, 5) is 33.7. The highest BCUT2D eigenvalue weighted by Crippen LogP contribution is 2.54. The lowest BCUT2D eigenvalue weighted by Crippen LogP contribution is -2.86. The number of amides is 2. The Balaban J connectivity index is 1.45. The van der Waals surface area contributed by atoms with Gasteiger partial charge in [0.2, 0.25) is 5.91 Å². The normalized spacial score (nSPS) is 24.7. The van der Waals surface area contributed by atoms with Gasteiger partial charge in [-0.15, -0.1) is 0 Å². The summed E-state index contributed by atoms with van der Waals surface area (Å²) in [6.45, 7) is 0.949. The molecular weight excluding hydrogens is 366 g/mol. The Morgan fingerprint density at radius 3 is 2.48 bits per heavy atom. The fourth-order valence-corrected chi connectivity index (χ4v) is 5.10. The van der Waals surface area contributed by atoms with Crippen LogP contribution in [0.25, 0.3) is 0 Å². The molecule has 6 nitrogen and oxygen atoms in total. The highest BCUT2D eigenvalue weighted by molar-refractivity contribution is 5.96. The molecule has 5 rings (SSSR count). The van der Waals surface area contributed by atoms with Crippen LogP contribution in [0.15, 0.2) is 54.9 Å². The molecule has 6 heteroatoms. The summed E-state index contributed by atoms with van der Waals surface area (Å²) in [6, 6.07) is 13.2. The predicted molar refractivity (Wildman–Crippen MR) is 107 cm³/mol. The molecule has 3 aliphatic rings. The molecule has 1 saturated carbocycles. The molecule has 1 spiro atoms. The molecule has 2 amide bonds. The number of pyridine rings is 1. The number of aliphatic hydroxyl groups is 1. The third-order valence-electron chi connectivity index (χ3n) is 6.69. The van der Waals surface area contributed by atoms with Crippen LogP contribution in [0.3, 0.4) is 0 Å². The van der Waals surface area contributed by atoms with E-state index in [1.807, 2.05) is 28.0 Å². The SMILES string of the molecule is O=C(CC1CC1)N1CC2(C1)[C@@H](c1ccccc1)[C@H](CO)N2C(=O)c1cccnc1. The van der Waals surface area contributed by atoms with E-state index in [-0.39, 0.29) is 30.4 Å². The van der Waals surface area contributed by atoms with Crippen molar-refractivity contribution < 1.29 is 14.7 Å². The average Bonchev–Trinajstić information content (AvgIpc) is 3.52. The lowest BCUT2D eigenvalue weighted by atomic mass is 9.60. The second-order valence-electron chi connectivity index (χ2n) is 8.56. The Morgan fingerprint density at radius 2 is 1.86 bits per heavy atom. The molecule has 29 heavy (non-hydrogen) atoms. The number of hydrogen-bond acceptors (Lipinski definition) is 4. The molecule has 0 radical (unpaired) electrons. The van der Waals surface area contributed by atoms with Gasteiger partial charge >= 0.3 is 0 Å². The molecule has 3 fully saturated rings. The zero-order chi connectivity index (χ0) is 20.0. The summed E-state index contributed by atoms with van der Waals surface area (Å²) in [7, 11) is 0. The number of hydrogen-bond donors (Lipinski definition) is 1. The molecule has 3 heterocycles. The number of carbonyl (C=O) groups excluding carboxylic acids is 2. The number of aliphatic hydroxyl groups excluding tert-OH is 1. The molecule has 2 atom stereocenters. The van der Waals surface area contributed by atoms with E-state index < -0.39 is 5.54 Å². The van der Waals surface area contributed by atoms with Crippen molar-refractivity contribution in [2.75, 3.05) is 19.7 Å². The van der Waals surface area contributed by atoms with Gasteiger partial charge in [0.05, 0.1) is 23.8 Å². The molecule has 0 unspecified atom stereocenters. The van der Waals surface area contributed by atoms with E-state index in [9.17, 15) is 14.7 Å². The summed E-state index contributed by atoms with van der Waals surface area (Å²) in [6.07, 6.45) is 6.12. The van der Waals surface area contributed by atoms with Gasteiger partial charge in [0.25, 0.3) is 5.91 Å². The number of likely N-dealkylation sites (tertiary alicyclic amines) is 2. The van der Waals surface area contributed by atoms with Crippen molar-refractivity contribution in [2.45, 2.75) is 36.8 Å². The van der Waals surface area contributed by atoms with Crippen LogP contribution in [0.4, 0.5) is 0 Å². The molecule has 150 valence electrons. The fraction of sp³-hybridized carbons (Fsp3) is 0.435. The maximum Gasteiger partial charge on any atom is 0.256 e. The molecular formula is C23H25N3O3. The van der Waals surface area contributed by atoms with Crippen LogP contribution in [0.5, 0.6) is 0 Å². The van der Waals surface area contributed by atoms with E-state index >= 15 is 0 Å². The summed E-state index contributed by atoms with van der Waals surface area (Å²) in [5, 5.41) is 10.1. The van der Waals surface area contributed by atoms with Crippen molar-refractivity contribution >= 4 is 11.8 Å². The Bertz CT molecular complexity index is 907. The Hall–Kier alpha value is -2.73. The summed E-state index contributed by atoms with van der Waals surface area (Å²) in [5.74, 6) is 0.618. The quantitative estimate of drug-likeness (QED) is 0.847. The first-order valence-electron chi connectivity index (χ1n) is 10.3. The topological polar surface area (TPSA) is 73.7 Å². The fourth-order valence-electron chi connectivity index (χ4n) is 5.10. The minimum Gasteiger partial charge on any atom is -0.394 e. The van der Waals surface area contributed by atoms with Gasteiger partial charge in [0, 0.05) is 37.8 Å². The van der Waals surface area contributed by atoms with E-state index in [4.69, 9.17) is 0 Å². The lowest BCUT2D eigenvalue weighted by molar-refractivity contribution is -0.178. The zero-order valence-corrected chi connectivity index (χ0v) is 16.3. The standard InChI is InChI=1S/C23H25N3O3/c27-13-19-21(17-5-2-1-3-6-17)23(14-25(15-23)20(28)11-16-8-9-16)26(19)22(29)18-7-4-10-24-12-18/h1-7,10,12,16,19,21,27H,8-9,11,13-15H2/t19-,21-/m0/s1. The van der Waals surface area contributed by atoms with Gasteiger partial charge in [0.1, 0.15) is 0 Å². The average molecular weight is 391 g/mol. The molecule has 1 aromatic heterocycles. The molecule has 1 aromatic carbocycles. The third kappa shape index (κ3) is 2.94.